The lowest BCUT2D eigenvalue weighted by Gasteiger charge is -2.20. The number of hydrogen-bond acceptors (Lipinski definition) is 3. The van der Waals surface area contributed by atoms with Gasteiger partial charge in [0.05, 0.1) is 12.7 Å². The summed E-state index contributed by atoms with van der Waals surface area (Å²) in [6.07, 6.45) is 9.42. The van der Waals surface area contributed by atoms with Crippen LogP contribution in [-0.2, 0) is 13.6 Å². The van der Waals surface area contributed by atoms with Gasteiger partial charge < -0.3 is 4.89 Å². The van der Waals surface area contributed by atoms with Gasteiger partial charge in [0.1, 0.15) is 0 Å². The Morgan fingerprint density at radius 1 is 1.00 bits per heavy atom. The van der Waals surface area contributed by atoms with Crippen molar-refractivity contribution in [1.29, 1.82) is 0 Å². The average molecular weight is 322 g/mol. The van der Waals surface area contributed by atoms with Crippen molar-refractivity contribution >= 4 is 7.82 Å². The molecule has 0 saturated carbocycles. The molecule has 0 radical (unpaired) electrons. The molecule has 1 N–H and O–H groups in total. The van der Waals surface area contributed by atoms with Gasteiger partial charge in [-0.25, -0.2) is 4.57 Å². The van der Waals surface area contributed by atoms with Crippen molar-refractivity contribution in [2.45, 2.75) is 91.6 Å². The number of phosphoric ester groups is 1. The lowest BCUT2D eigenvalue weighted by Crippen LogP contribution is -2.12. The van der Waals surface area contributed by atoms with Gasteiger partial charge >= 0.3 is 7.82 Å². The summed E-state index contributed by atoms with van der Waals surface area (Å²) in [6, 6.07) is 0. The molecule has 0 heterocycles. The standard InChI is InChI=1S/C16H35O4P/c1-5-8-10-11-12-15(4)20-21(17,18)19-14-16(7-3)13-9-6-2/h15-16H,5-14H2,1-4H3,(H,17,18). The van der Waals surface area contributed by atoms with Gasteiger partial charge in [-0.15, -0.1) is 0 Å². The molecule has 3 unspecified atom stereocenters. The fraction of sp³-hybridized carbons (Fsp3) is 1.00. The summed E-state index contributed by atoms with van der Waals surface area (Å²) < 4.78 is 22.3. The van der Waals surface area contributed by atoms with Gasteiger partial charge in [0, 0.05) is 0 Å². The Bertz CT molecular complexity index is 283. The third-order valence-electron chi connectivity index (χ3n) is 3.79. The first-order chi connectivity index (χ1) is 9.95. The molecule has 0 fully saturated rings. The van der Waals surface area contributed by atoms with E-state index in [-0.39, 0.29) is 6.10 Å². The Hall–Kier alpha value is 0.110. The molecule has 0 aromatic heterocycles. The minimum atomic E-state index is -3.90. The van der Waals surface area contributed by atoms with Crippen molar-refractivity contribution in [3.05, 3.63) is 0 Å². The number of rotatable bonds is 14. The van der Waals surface area contributed by atoms with Crippen LogP contribution >= 0.6 is 7.82 Å². The summed E-state index contributed by atoms with van der Waals surface area (Å²) in [7, 11) is -3.90. The molecule has 0 bridgehead atoms. The van der Waals surface area contributed by atoms with Crippen LogP contribution in [-0.4, -0.2) is 17.6 Å². The summed E-state index contributed by atoms with van der Waals surface area (Å²) >= 11 is 0. The normalized spacial score (nSPS) is 17.4. The average Bonchev–Trinajstić information content (AvgIpc) is 2.43. The highest BCUT2D eigenvalue weighted by atomic mass is 31.2. The van der Waals surface area contributed by atoms with E-state index < -0.39 is 7.82 Å². The van der Waals surface area contributed by atoms with Crippen LogP contribution in [0, 0.1) is 5.92 Å². The minimum Gasteiger partial charge on any atom is -0.302 e. The van der Waals surface area contributed by atoms with E-state index >= 15 is 0 Å². The third-order valence-corrected chi connectivity index (χ3v) is 4.90. The van der Waals surface area contributed by atoms with Crippen LogP contribution in [0.2, 0.25) is 0 Å². The van der Waals surface area contributed by atoms with E-state index in [9.17, 15) is 9.46 Å². The van der Waals surface area contributed by atoms with E-state index in [1.165, 1.54) is 12.8 Å². The van der Waals surface area contributed by atoms with Crippen molar-refractivity contribution in [2.75, 3.05) is 6.61 Å². The van der Waals surface area contributed by atoms with E-state index in [1.807, 2.05) is 6.92 Å². The second-order valence-electron chi connectivity index (χ2n) is 5.95. The van der Waals surface area contributed by atoms with Crippen LogP contribution in [0.25, 0.3) is 0 Å². The molecular formula is C16H35O4P. The van der Waals surface area contributed by atoms with E-state index in [0.29, 0.717) is 12.5 Å². The SMILES string of the molecule is CCCCCCC(C)OP(=O)(O)OCC(CC)CCCC. The first kappa shape index (κ1) is 21.1. The van der Waals surface area contributed by atoms with Crippen molar-refractivity contribution < 1.29 is 18.5 Å². The number of phosphoric acid groups is 1. The van der Waals surface area contributed by atoms with Crippen LogP contribution in [0.5, 0.6) is 0 Å². The van der Waals surface area contributed by atoms with Gasteiger partial charge in [-0.3, -0.25) is 9.05 Å². The monoisotopic (exact) mass is 322 g/mol. The zero-order chi connectivity index (χ0) is 16.1. The molecule has 128 valence electrons. The molecule has 0 aliphatic carbocycles. The molecular weight excluding hydrogens is 287 g/mol. The van der Waals surface area contributed by atoms with Crippen molar-refractivity contribution in [3.63, 3.8) is 0 Å². The maximum atomic E-state index is 11.9. The third kappa shape index (κ3) is 12.3. The summed E-state index contributed by atoms with van der Waals surface area (Å²) in [4.78, 5) is 9.77. The second-order valence-corrected chi connectivity index (χ2v) is 7.35. The van der Waals surface area contributed by atoms with Crippen LogP contribution in [0.3, 0.4) is 0 Å². The van der Waals surface area contributed by atoms with Crippen LogP contribution in [0.15, 0.2) is 0 Å². The molecule has 21 heavy (non-hydrogen) atoms. The fourth-order valence-electron chi connectivity index (χ4n) is 2.27. The Morgan fingerprint density at radius 3 is 2.24 bits per heavy atom. The maximum absolute atomic E-state index is 11.9. The number of unbranched alkanes of at least 4 members (excludes halogenated alkanes) is 4. The maximum Gasteiger partial charge on any atom is 0.472 e. The van der Waals surface area contributed by atoms with E-state index in [1.54, 1.807) is 0 Å². The molecule has 0 spiro atoms. The topological polar surface area (TPSA) is 55.8 Å². The molecule has 0 aromatic rings. The van der Waals surface area contributed by atoms with Crippen molar-refractivity contribution in [2.24, 2.45) is 5.92 Å². The van der Waals surface area contributed by atoms with E-state index in [4.69, 9.17) is 9.05 Å². The predicted octanol–water partition coefficient (Wildman–Crippen LogP) is 5.70. The quantitative estimate of drug-likeness (QED) is 0.329. The smallest absolute Gasteiger partial charge is 0.302 e. The molecule has 5 heteroatoms. The van der Waals surface area contributed by atoms with Crippen molar-refractivity contribution in [3.8, 4) is 0 Å². The van der Waals surface area contributed by atoms with E-state index in [0.717, 1.165) is 44.9 Å². The molecule has 0 saturated heterocycles. The highest BCUT2D eigenvalue weighted by Gasteiger charge is 2.25. The first-order valence-corrected chi connectivity index (χ1v) is 10.1. The van der Waals surface area contributed by atoms with Crippen LogP contribution in [0.1, 0.15) is 85.5 Å². The summed E-state index contributed by atoms with van der Waals surface area (Å²) in [5.74, 6) is 0.342. The Labute approximate surface area is 131 Å². The van der Waals surface area contributed by atoms with Gasteiger partial charge in [-0.05, 0) is 25.7 Å². The van der Waals surface area contributed by atoms with Crippen molar-refractivity contribution in [1.82, 2.24) is 0 Å². The lowest BCUT2D eigenvalue weighted by molar-refractivity contribution is 0.0933. The summed E-state index contributed by atoms with van der Waals surface area (Å²) in [6.45, 7) is 8.55. The second kappa shape index (κ2) is 12.6. The Morgan fingerprint density at radius 2 is 1.67 bits per heavy atom. The highest BCUT2D eigenvalue weighted by molar-refractivity contribution is 7.47. The molecule has 0 aliphatic rings. The predicted molar refractivity (Wildman–Crippen MR) is 88.4 cm³/mol. The van der Waals surface area contributed by atoms with Gasteiger partial charge in [-0.2, -0.15) is 0 Å². The molecule has 4 nitrogen and oxygen atoms in total. The Kier molecular flexibility index (Phi) is 12.7. The number of hydrogen-bond donors (Lipinski definition) is 1. The Balaban J connectivity index is 3.97. The first-order valence-electron chi connectivity index (χ1n) is 8.60. The fourth-order valence-corrected chi connectivity index (χ4v) is 3.29. The molecule has 0 aromatic carbocycles. The van der Waals surface area contributed by atoms with Crippen LogP contribution < -0.4 is 0 Å². The highest BCUT2D eigenvalue weighted by Crippen LogP contribution is 2.45. The molecule has 0 aliphatic heterocycles. The van der Waals surface area contributed by atoms with Gasteiger partial charge in [0.25, 0.3) is 0 Å². The zero-order valence-corrected chi connectivity index (χ0v) is 15.2. The largest absolute Gasteiger partial charge is 0.472 e. The van der Waals surface area contributed by atoms with Gasteiger partial charge in [-0.1, -0.05) is 65.7 Å². The summed E-state index contributed by atoms with van der Waals surface area (Å²) in [5, 5.41) is 0. The molecule has 0 rings (SSSR count). The lowest BCUT2D eigenvalue weighted by atomic mass is 10.0. The minimum absolute atomic E-state index is 0.228. The summed E-state index contributed by atoms with van der Waals surface area (Å²) in [5.41, 5.74) is 0. The van der Waals surface area contributed by atoms with Crippen LogP contribution in [0.4, 0.5) is 0 Å². The van der Waals surface area contributed by atoms with Gasteiger partial charge in [0.2, 0.25) is 0 Å². The zero-order valence-electron chi connectivity index (χ0n) is 14.3. The van der Waals surface area contributed by atoms with Gasteiger partial charge in [0.15, 0.2) is 0 Å². The molecule has 3 atom stereocenters. The molecule has 0 amide bonds. The van der Waals surface area contributed by atoms with E-state index in [2.05, 4.69) is 20.8 Å².